The Hall–Kier alpha value is -2.65. The molecule has 1 heterocycles. The van der Waals surface area contributed by atoms with Gasteiger partial charge < -0.3 is 10.4 Å². The topological polar surface area (TPSA) is 78.0 Å². The molecule has 20 heavy (non-hydrogen) atoms. The predicted molar refractivity (Wildman–Crippen MR) is 71.5 cm³/mol. The number of aliphatic hydroxyl groups excluding tert-OH is 1. The Balaban J connectivity index is 2.15. The Morgan fingerprint density at radius 1 is 1.45 bits per heavy atom. The summed E-state index contributed by atoms with van der Waals surface area (Å²) in [5, 5.41) is 17.4. The van der Waals surface area contributed by atoms with E-state index < -0.39 is 5.82 Å². The van der Waals surface area contributed by atoms with Crippen LogP contribution in [-0.2, 0) is 0 Å². The number of aliphatic hydroxyl groups is 1. The molecular formula is C14H12FN3O2. The van der Waals surface area contributed by atoms with Crippen molar-refractivity contribution in [3.05, 3.63) is 47.5 Å². The number of anilines is 1. The molecule has 5 nitrogen and oxygen atoms in total. The van der Waals surface area contributed by atoms with Gasteiger partial charge in [0.05, 0.1) is 12.2 Å². The van der Waals surface area contributed by atoms with Gasteiger partial charge in [0.1, 0.15) is 11.5 Å². The maximum Gasteiger partial charge on any atom is 0.273 e. The lowest BCUT2D eigenvalue weighted by Gasteiger charge is -2.04. The minimum atomic E-state index is -0.477. The zero-order chi connectivity index (χ0) is 14.4. The second-order valence-electron chi connectivity index (χ2n) is 3.89. The summed E-state index contributed by atoms with van der Waals surface area (Å²) in [5.74, 6) is 4.39. The summed E-state index contributed by atoms with van der Waals surface area (Å²) in [7, 11) is 0. The number of aromatic nitrogens is 2. The summed E-state index contributed by atoms with van der Waals surface area (Å²) in [6.07, 6.45) is 1.73. The Morgan fingerprint density at radius 2 is 2.30 bits per heavy atom. The van der Waals surface area contributed by atoms with Gasteiger partial charge in [-0.3, -0.25) is 9.89 Å². The summed E-state index contributed by atoms with van der Waals surface area (Å²) in [5.41, 5.74) is 0.905. The van der Waals surface area contributed by atoms with Crippen molar-refractivity contribution >= 4 is 11.6 Å². The number of halogens is 1. The van der Waals surface area contributed by atoms with Crippen molar-refractivity contribution in [2.45, 2.75) is 6.42 Å². The average Bonchev–Trinajstić information content (AvgIpc) is 2.96. The molecule has 102 valence electrons. The Kier molecular flexibility index (Phi) is 4.47. The molecule has 0 saturated heterocycles. The molecule has 0 spiro atoms. The monoisotopic (exact) mass is 273 g/mol. The normalized spacial score (nSPS) is 9.70. The molecule has 0 bridgehead atoms. The molecule has 2 aromatic rings. The number of hydrogen-bond donors (Lipinski definition) is 3. The van der Waals surface area contributed by atoms with Gasteiger partial charge in [-0.05, 0) is 24.3 Å². The highest BCUT2D eigenvalue weighted by atomic mass is 19.1. The molecule has 3 N–H and O–H groups in total. The Labute approximate surface area is 114 Å². The van der Waals surface area contributed by atoms with Crippen molar-refractivity contribution in [3.63, 3.8) is 0 Å². The third-order valence-electron chi connectivity index (χ3n) is 2.43. The predicted octanol–water partition coefficient (Wildman–Crippen LogP) is 1.54. The molecule has 1 aromatic carbocycles. The van der Waals surface area contributed by atoms with E-state index in [4.69, 9.17) is 5.11 Å². The fourth-order valence-electron chi connectivity index (χ4n) is 1.49. The standard InChI is InChI=1S/C14H12FN3O2/c15-12-5-4-11(9-10(12)3-1-2-8-19)17-14(20)13-6-7-16-18-13/h4-7,9,19H,2,8H2,(H,16,18)(H,17,20). The van der Waals surface area contributed by atoms with Crippen LogP contribution in [0.25, 0.3) is 0 Å². The number of H-pyrrole nitrogens is 1. The van der Waals surface area contributed by atoms with E-state index in [0.29, 0.717) is 11.4 Å². The molecule has 2 rings (SSSR count). The van der Waals surface area contributed by atoms with Gasteiger partial charge in [0.15, 0.2) is 0 Å². The van der Waals surface area contributed by atoms with Crippen molar-refractivity contribution in [2.24, 2.45) is 0 Å². The van der Waals surface area contributed by atoms with E-state index in [1.54, 1.807) is 0 Å². The van der Waals surface area contributed by atoms with Crippen molar-refractivity contribution in [3.8, 4) is 11.8 Å². The van der Waals surface area contributed by atoms with Crippen LogP contribution in [0.4, 0.5) is 10.1 Å². The fraction of sp³-hybridized carbons (Fsp3) is 0.143. The van der Waals surface area contributed by atoms with Crippen LogP contribution < -0.4 is 5.32 Å². The third-order valence-corrected chi connectivity index (χ3v) is 2.43. The van der Waals surface area contributed by atoms with Crippen LogP contribution in [0.2, 0.25) is 0 Å². The van der Waals surface area contributed by atoms with Crippen LogP contribution in [0.1, 0.15) is 22.5 Å². The molecule has 1 amide bonds. The quantitative estimate of drug-likeness (QED) is 0.742. The van der Waals surface area contributed by atoms with Gasteiger partial charge in [-0.2, -0.15) is 5.10 Å². The first-order valence-corrected chi connectivity index (χ1v) is 5.90. The van der Waals surface area contributed by atoms with E-state index in [-0.39, 0.29) is 24.5 Å². The van der Waals surface area contributed by atoms with Crippen molar-refractivity contribution < 1.29 is 14.3 Å². The van der Waals surface area contributed by atoms with E-state index in [0.717, 1.165) is 0 Å². The summed E-state index contributed by atoms with van der Waals surface area (Å²) < 4.78 is 13.5. The molecule has 0 radical (unpaired) electrons. The van der Waals surface area contributed by atoms with Gasteiger partial charge >= 0.3 is 0 Å². The van der Waals surface area contributed by atoms with Crippen LogP contribution in [0.5, 0.6) is 0 Å². The average molecular weight is 273 g/mol. The van der Waals surface area contributed by atoms with Crippen LogP contribution in [0, 0.1) is 17.7 Å². The molecule has 0 aliphatic heterocycles. The molecule has 0 aliphatic rings. The first kappa shape index (κ1) is 13.8. The highest BCUT2D eigenvalue weighted by Crippen LogP contribution is 2.14. The molecule has 0 atom stereocenters. The molecule has 0 fully saturated rings. The number of nitrogens with one attached hydrogen (secondary N) is 2. The highest BCUT2D eigenvalue weighted by molar-refractivity contribution is 6.02. The minimum absolute atomic E-state index is 0.0785. The number of rotatable bonds is 3. The number of hydrogen-bond acceptors (Lipinski definition) is 3. The lowest BCUT2D eigenvalue weighted by Crippen LogP contribution is -2.12. The lowest BCUT2D eigenvalue weighted by molar-refractivity contribution is 0.102. The zero-order valence-corrected chi connectivity index (χ0v) is 10.5. The van der Waals surface area contributed by atoms with Crippen LogP contribution in [0.3, 0.4) is 0 Å². The van der Waals surface area contributed by atoms with E-state index in [2.05, 4.69) is 27.4 Å². The van der Waals surface area contributed by atoms with Crippen molar-refractivity contribution in [1.29, 1.82) is 0 Å². The van der Waals surface area contributed by atoms with Gasteiger partial charge in [-0.1, -0.05) is 11.8 Å². The number of carbonyl (C=O) groups excluding carboxylic acids is 1. The second-order valence-corrected chi connectivity index (χ2v) is 3.89. The van der Waals surface area contributed by atoms with E-state index in [9.17, 15) is 9.18 Å². The molecule has 6 heteroatoms. The molecule has 0 unspecified atom stereocenters. The smallest absolute Gasteiger partial charge is 0.273 e. The number of benzene rings is 1. The molecular weight excluding hydrogens is 261 g/mol. The Morgan fingerprint density at radius 3 is 3.00 bits per heavy atom. The number of nitrogens with zero attached hydrogens (tertiary/aromatic N) is 1. The van der Waals surface area contributed by atoms with Gasteiger partial charge in [0.25, 0.3) is 5.91 Å². The molecule has 0 aliphatic carbocycles. The number of carbonyl (C=O) groups is 1. The summed E-state index contributed by atoms with van der Waals surface area (Å²) in [6.45, 7) is -0.0785. The van der Waals surface area contributed by atoms with Crippen LogP contribution in [0.15, 0.2) is 30.5 Å². The molecule has 0 saturated carbocycles. The first-order chi connectivity index (χ1) is 9.70. The van der Waals surface area contributed by atoms with Crippen LogP contribution >= 0.6 is 0 Å². The first-order valence-electron chi connectivity index (χ1n) is 5.90. The SMILES string of the molecule is O=C(Nc1ccc(F)c(C#CCCO)c1)c1ccn[nH]1. The van der Waals surface area contributed by atoms with E-state index >= 15 is 0 Å². The van der Waals surface area contributed by atoms with Crippen molar-refractivity contribution in [2.75, 3.05) is 11.9 Å². The van der Waals surface area contributed by atoms with Gasteiger partial charge in [0, 0.05) is 18.3 Å². The summed E-state index contributed by atoms with van der Waals surface area (Å²) in [4.78, 5) is 11.8. The summed E-state index contributed by atoms with van der Waals surface area (Å²) >= 11 is 0. The van der Waals surface area contributed by atoms with E-state index in [1.807, 2.05) is 0 Å². The zero-order valence-electron chi connectivity index (χ0n) is 10.5. The number of aromatic amines is 1. The van der Waals surface area contributed by atoms with Gasteiger partial charge in [-0.15, -0.1) is 0 Å². The van der Waals surface area contributed by atoms with Crippen molar-refractivity contribution in [1.82, 2.24) is 10.2 Å². The lowest BCUT2D eigenvalue weighted by atomic mass is 10.2. The second kappa shape index (κ2) is 6.50. The largest absolute Gasteiger partial charge is 0.395 e. The Bertz CT molecular complexity index is 657. The number of amides is 1. The van der Waals surface area contributed by atoms with E-state index in [1.165, 1.54) is 30.5 Å². The maximum atomic E-state index is 13.5. The van der Waals surface area contributed by atoms with Gasteiger partial charge in [-0.25, -0.2) is 4.39 Å². The van der Waals surface area contributed by atoms with Crippen LogP contribution in [-0.4, -0.2) is 27.8 Å². The summed E-state index contributed by atoms with van der Waals surface area (Å²) in [6, 6.07) is 5.64. The third kappa shape index (κ3) is 3.43. The maximum absolute atomic E-state index is 13.5. The molecule has 1 aromatic heterocycles. The fourth-order valence-corrected chi connectivity index (χ4v) is 1.49. The van der Waals surface area contributed by atoms with Gasteiger partial charge in [0.2, 0.25) is 0 Å². The minimum Gasteiger partial charge on any atom is -0.395 e. The highest BCUT2D eigenvalue weighted by Gasteiger charge is 2.08.